The van der Waals surface area contributed by atoms with E-state index in [0.29, 0.717) is 6.42 Å². The molecule has 0 aliphatic heterocycles. The number of nitrogens with one attached hydrogen (secondary N) is 2. The topological polar surface area (TPSA) is 159 Å². The summed E-state index contributed by atoms with van der Waals surface area (Å²) < 4.78 is 0. The van der Waals surface area contributed by atoms with Crippen molar-refractivity contribution in [3.63, 3.8) is 0 Å². The molecule has 0 heterocycles. The van der Waals surface area contributed by atoms with E-state index in [0.717, 1.165) is 5.56 Å². The number of carbonyl (C=O) groups excluding carboxylic acids is 2. The number of benzene rings is 1. The van der Waals surface area contributed by atoms with Gasteiger partial charge in [0.15, 0.2) is 0 Å². The zero-order chi connectivity index (χ0) is 18.8. The third-order valence-electron chi connectivity index (χ3n) is 3.34. The minimum absolute atomic E-state index is 0.252. The molecule has 1 aromatic rings. The molecule has 136 valence electrons. The SMILES string of the molecule is NC(Cc1ccccc1)C(=O)NCC(=O)NC(CCC(=O)O)C(=O)O. The van der Waals surface area contributed by atoms with Crippen LogP contribution in [0.15, 0.2) is 30.3 Å². The van der Waals surface area contributed by atoms with Crippen LogP contribution < -0.4 is 16.4 Å². The van der Waals surface area contributed by atoms with E-state index in [9.17, 15) is 19.2 Å². The number of carbonyl (C=O) groups is 4. The summed E-state index contributed by atoms with van der Waals surface area (Å²) in [5.41, 5.74) is 6.63. The first-order valence-electron chi connectivity index (χ1n) is 7.60. The molecule has 9 heteroatoms. The Balaban J connectivity index is 2.41. The van der Waals surface area contributed by atoms with Crippen LogP contribution in [0.2, 0.25) is 0 Å². The maximum Gasteiger partial charge on any atom is 0.326 e. The van der Waals surface area contributed by atoms with Gasteiger partial charge in [0.25, 0.3) is 0 Å². The summed E-state index contributed by atoms with van der Waals surface area (Å²) in [6.07, 6.45) is -0.353. The molecule has 0 bridgehead atoms. The molecule has 2 atom stereocenters. The second-order valence-electron chi connectivity index (χ2n) is 5.40. The van der Waals surface area contributed by atoms with Gasteiger partial charge in [0, 0.05) is 6.42 Å². The molecule has 2 amide bonds. The van der Waals surface area contributed by atoms with Crippen LogP contribution in [0, 0.1) is 0 Å². The monoisotopic (exact) mass is 351 g/mol. The largest absolute Gasteiger partial charge is 0.481 e. The van der Waals surface area contributed by atoms with Crippen LogP contribution in [0.25, 0.3) is 0 Å². The van der Waals surface area contributed by atoms with Crippen molar-refractivity contribution in [2.45, 2.75) is 31.3 Å². The van der Waals surface area contributed by atoms with Crippen molar-refractivity contribution in [1.29, 1.82) is 0 Å². The summed E-state index contributed by atoms with van der Waals surface area (Å²) >= 11 is 0. The van der Waals surface area contributed by atoms with Gasteiger partial charge >= 0.3 is 11.9 Å². The summed E-state index contributed by atoms with van der Waals surface area (Å²) in [5, 5.41) is 22.0. The van der Waals surface area contributed by atoms with Gasteiger partial charge in [-0.3, -0.25) is 14.4 Å². The number of hydrogen-bond donors (Lipinski definition) is 5. The van der Waals surface area contributed by atoms with Gasteiger partial charge in [0.2, 0.25) is 11.8 Å². The summed E-state index contributed by atoms with van der Waals surface area (Å²) in [4.78, 5) is 45.0. The van der Waals surface area contributed by atoms with Crippen LogP contribution in [0.3, 0.4) is 0 Å². The molecule has 0 aliphatic carbocycles. The quantitative estimate of drug-likeness (QED) is 0.365. The number of amides is 2. The van der Waals surface area contributed by atoms with Crippen LogP contribution in [0.4, 0.5) is 0 Å². The van der Waals surface area contributed by atoms with Gasteiger partial charge < -0.3 is 26.6 Å². The fourth-order valence-corrected chi connectivity index (χ4v) is 2.03. The minimum Gasteiger partial charge on any atom is -0.481 e. The molecular weight excluding hydrogens is 330 g/mol. The Bertz CT molecular complexity index is 620. The van der Waals surface area contributed by atoms with Crippen LogP contribution in [-0.4, -0.2) is 52.6 Å². The van der Waals surface area contributed by atoms with E-state index in [1.54, 1.807) is 0 Å². The van der Waals surface area contributed by atoms with Crippen molar-refractivity contribution in [3.8, 4) is 0 Å². The highest BCUT2D eigenvalue weighted by atomic mass is 16.4. The number of nitrogens with two attached hydrogens (primary N) is 1. The number of aliphatic carboxylic acids is 2. The third-order valence-corrected chi connectivity index (χ3v) is 3.34. The molecule has 0 saturated carbocycles. The number of rotatable bonds is 10. The van der Waals surface area contributed by atoms with Crippen molar-refractivity contribution >= 4 is 23.8 Å². The third kappa shape index (κ3) is 7.93. The van der Waals surface area contributed by atoms with E-state index in [1.165, 1.54) is 0 Å². The zero-order valence-electron chi connectivity index (χ0n) is 13.5. The number of carboxylic acid groups (broad SMARTS) is 2. The normalized spacial score (nSPS) is 12.7. The highest BCUT2D eigenvalue weighted by Gasteiger charge is 2.21. The molecule has 25 heavy (non-hydrogen) atoms. The zero-order valence-corrected chi connectivity index (χ0v) is 13.5. The van der Waals surface area contributed by atoms with E-state index >= 15 is 0 Å². The minimum atomic E-state index is -1.35. The smallest absolute Gasteiger partial charge is 0.326 e. The average Bonchev–Trinajstić information content (AvgIpc) is 2.56. The van der Waals surface area contributed by atoms with Crippen LogP contribution >= 0.6 is 0 Å². The Morgan fingerprint density at radius 2 is 1.72 bits per heavy atom. The highest BCUT2D eigenvalue weighted by molar-refractivity contribution is 5.89. The fourth-order valence-electron chi connectivity index (χ4n) is 2.03. The van der Waals surface area contributed by atoms with E-state index < -0.39 is 48.8 Å². The molecule has 0 saturated heterocycles. The van der Waals surface area contributed by atoms with Crippen molar-refractivity contribution in [2.75, 3.05) is 6.54 Å². The second-order valence-corrected chi connectivity index (χ2v) is 5.40. The van der Waals surface area contributed by atoms with E-state index in [-0.39, 0.29) is 6.42 Å². The molecular formula is C16H21N3O6. The Kier molecular flexibility index (Phi) is 8.07. The molecule has 0 radical (unpaired) electrons. The molecule has 0 aliphatic rings. The predicted octanol–water partition coefficient (Wildman–Crippen LogP) is -0.893. The van der Waals surface area contributed by atoms with Crippen molar-refractivity contribution in [2.24, 2.45) is 5.73 Å². The lowest BCUT2D eigenvalue weighted by atomic mass is 10.1. The Labute approximate surface area is 144 Å². The molecule has 9 nitrogen and oxygen atoms in total. The lowest BCUT2D eigenvalue weighted by Crippen LogP contribution is -2.49. The van der Waals surface area contributed by atoms with E-state index in [4.69, 9.17) is 15.9 Å². The van der Waals surface area contributed by atoms with Gasteiger partial charge in [0.05, 0.1) is 12.6 Å². The average molecular weight is 351 g/mol. The molecule has 2 unspecified atom stereocenters. The van der Waals surface area contributed by atoms with Gasteiger partial charge in [-0.1, -0.05) is 30.3 Å². The van der Waals surface area contributed by atoms with Crippen molar-refractivity contribution < 1.29 is 29.4 Å². The maximum atomic E-state index is 11.9. The number of carboxylic acids is 2. The van der Waals surface area contributed by atoms with Gasteiger partial charge in [-0.15, -0.1) is 0 Å². The van der Waals surface area contributed by atoms with Gasteiger partial charge in [-0.05, 0) is 18.4 Å². The molecule has 6 N–H and O–H groups in total. The maximum absolute atomic E-state index is 11.9. The fraction of sp³-hybridized carbons (Fsp3) is 0.375. The second kappa shape index (κ2) is 10.0. The summed E-state index contributed by atoms with van der Waals surface area (Å²) in [5.74, 6) is -3.79. The van der Waals surface area contributed by atoms with Gasteiger partial charge in [-0.25, -0.2) is 4.79 Å². The molecule has 1 rings (SSSR count). The van der Waals surface area contributed by atoms with E-state index in [1.807, 2.05) is 30.3 Å². The van der Waals surface area contributed by atoms with Crippen molar-refractivity contribution in [3.05, 3.63) is 35.9 Å². The first-order valence-corrected chi connectivity index (χ1v) is 7.60. The highest BCUT2D eigenvalue weighted by Crippen LogP contribution is 2.02. The lowest BCUT2D eigenvalue weighted by molar-refractivity contribution is -0.143. The van der Waals surface area contributed by atoms with Crippen LogP contribution in [-0.2, 0) is 25.6 Å². The van der Waals surface area contributed by atoms with Gasteiger partial charge in [0.1, 0.15) is 6.04 Å². The summed E-state index contributed by atoms with van der Waals surface area (Å²) in [6.45, 7) is -0.446. The molecule has 0 aromatic heterocycles. The van der Waals surface area contributed by atoms with Crippen molar-refractivity contribution in [1.82, 2.24) is 10.6 Å². The summed E-state index contributed by atoms with van der Waals surface area (Å²) in [7, 11) is 0. The Morgan fingerprint density at radius 3 is 2.28 bits per heavy atom. The summed E-state index contributed by atoms with van der Waals surface area (Å²) in [6, 6.07) is 6.92. The molecule has 0 spiro atoms. The first-order chi connectivity index (χ1) is 11.8. The number of hydrogen-bond acceptors (Lipinski definition) is 5. The molecule has 1 aromatic carbocycles. The lowest BCUT2D eigenvalue weighted by Gasteiger charge is -2.15. The standard InChI is InChI=1S/C16H21N3O6/c17-11(8-10-4-2-1-3-5-10)15(23)18-9-13(20)19-12(16(24)25)6-7-14(21)22/h1-5,11-12H,6-9,17H2,(H,18,23)(H,19,20)(H,21,22)(H,24,25). The van der Waals surface area contributed by atoms with Crippen LogP contribution in [0.5, 0.6) is 0 Å². The Morgan fingerprint density at radius 1 is 1.08 bits per heavy atom. The molecule has 0 fully saturated rings. The van der Waals surface area contributed by atoms with Crippen LogP contribution in [0.1, 0.15) is 18.4 Å². The van der Waals surface area contributed by atoms with Gasteiger partial charge in [-0.2, -0.15) is 0 Å². The Hall–Kier alpha value is -2.94. The first kappa shape index (κ1) is 20.1. The predicted molar refractivity (Wildman–Crippen MR) is 87.6 cm³/mol. The van der Waals surface area contributed by atoms with E-state index in [2.05, 4.69) is 10.6 Å².